The first-order chi connectivity index (χ1) is 9.33. The SMILES string of the molecule is CN1CCCN(c2cncc(-c3ccn[nH]3)n2)CC1. The third-order valence-electron chi connectivity index (χ3n) is 3.44. The number of aromatic amines is 1. The lowest BCUT2D eigenvalue weighted by Gasteiger charge is -2.21. The number of anilines is 1. The van der Waals surface area contributed by atoms with Gasteiger partial charge in [0.2, 0.25) is 0 Å². The van der Waals surface area contributed by atoms with Crippen molar-refractivity contribution in [2.45, 2.75) is 6.42 Å². The Labute approximate surface area is 112 Å². The lowest BCUT2D eigenvalue weighted by atomic mass is 10.3. The van der Waals surface area contributed by atoms with E-state index in [2.05, 4.69) is 37.0 Å². The van der Waals surface area contributed by atoms with E-state index < -0.39 is 0 Å². The van der Waals surface area contributed by atoms with Gasteiger partial charge in [0.1, 0.15) is 11.5 Å². The first-order valence-electron chi connectivity index (χ1n) is 6.58. The topological polar surface area (TPSA) is 60.9 Å². The third-order valence-corrected chi connectivity index (χ3v) is 3.44. The van der Waals surface area contributed by atoms with Gasteiger partial charge in [0.05, 0.1) is 18.1 Å². The Hall–Kier alpha value is -1.95. The molecular formula is C13H18N6. The molecule has 0 unspecified atom stereocenters. The van der Waals surface area contributed by atoms with Crippen LogP contribution in [0, 0.1) is 0 Å². The number of hydrogen-bond acceptors (Lipinski definition) is 5. The molecular weight excluding hydrogens is 240 g/mol. The summed E-state index contributed by atoms with van der Waals surface area (Å²) in [5, 5.41) is 6.88. The van der Waals surface area contributed by atoms with Gasteiger partial charge in [-0.15, -0.1) is 0 Å². The van der Waals surface area contributed by atoms with Crippen molar-refractivity contribution in [2.24, 2.45) is 0 Å². The van der Waals surface area contributed by atoms with Crippen LogP contribution < -0.4 is 4.90 Å². The Morgan fingerprint density at radius 2 is 2.11 bits per heavy atom. The van der Waals surface area contributed by atoms with Gasteiger partial charge in [-0.2, -0.15) is 5.10 Å². The average Bonchev–Trinajstić information content (AvgIpc) is 2.89. The van der Waals surface area contributed by atoms with Crippen molar-refractivity contribution >= 4 is 5.82 Å². The highest BCUT2D eigenvalue weighted by atomic mass is 15.2. The molecule has 0 bridgehead atoms. The third kappa shape index (κ3) is 2.73. The van der Waals surface area contributed by atoms with E-state index in [1.54, 1.807) is 12.4 Å². The minimum absolute atomic E-state index is 0.840. The van der Waals surface area contributed by atoms with Gasteiger partial charge in [0.25, 0.3) is 0 Å². The van der Waals surface area contributed by atoms with E-state index in [0.717, 1.165) is 49.8 Å². The van der Waals surface area contributed by atoms with Crippen molar-refractivity contribution < 1.29 is 0 Å². The molecule has 0 aliphatic carbocycles. The van der Waals surface area contributed by atoms with Gasteiger partial charge in [-0.25, -0.2) is 4.98 Å². The van der Waals surface area contributed by atoms with E-state index in [1.165, 1.54) is 0 Å². The molecule has 6 nitrogen and oxygen atoms in total. The minimum atomic E-state index is 0.840. The Balaban J connectivity index is 1.83. The molecule has 0 spiro atoms. The van der Waals surface area contributed by atoms with Crippen molar-refractivity contribution in [3.63, 3.8) is 0 Å². The summed E-state index contributed by atoms with van der Waals surface area (Å²) < 4.78 is 0. The average molecular weight is 258 g/mol. The molecule has 0 aromatic carbocycles. The number of nitrogens with one attached hydrogen (secondary N) is 1. The molecule has 0 saturated carbocycles. The summed E-state index contributed by atoms with van der Waals surface area (Å²) in [5.74, 6) is 0.947. The van der Waals surface area contributed by atoms with E-state index in [-0.39, 0.29) is 0 Å². The summed E-state index contributed by atoms with van der Waals surface area (Å²) in [7, 11) is 2.16. The van der Waals surface area contributed by atoms with E-state index in [4.69, 9.17) is 0 Å². The van der Waals surface area contributed by atoms with Crippen LogP contribution in [-0.4, -0.2) is 58.3 Å². The van der Waals surface area contributed by atoms with E-state index in [1.807, 2.05) is 12.3 Å². The maximum Gasteiger partial charge on any atom is 0.147 e. The zero-order valence-corrected chi connectivity index (χ0v) is 11.1. The molecule has 1 fully saturated rings. The lowest BCUT2D eigenvalue weighted by molar-refractivity contribution is 0.360. The summed E-state index contributed by atoms with van der Waals surface area (Å²) in [5.41, 5.74) is 1.74. The highest BCUT2D eigenvalue weighted by molar-refractivity contribution is 5.55. The molecule has 3 rings (SSSR count). The molecule has 1 N–H and O–H groups in total. The minimum Gasteiger partial charge on any atom is -0.354 e. The van der Waals surface area contributed by atoms with Crippen LogP contribution in [0.1, 0.15) is 6.42 Å². The molecule has 0 amide bonds. The van der Waals surface area contributed by atoms with Crippen LogP contribution in [0.2, 0.25) is 0 Å². The molecule has 19 heavy (non-hydrogen) atoms. The Morgan fingerprint density at radius 1 is 1.16 bits per heavy atom. The fourth-order valence-corrected chi connectivity index (χ4v) is 2.31. The fourth-order valence-electron chi connectivity index (χ4n) is 2.31. The standard InChI is InChI=1S/C13H18N6/c1-18-5-2-6-19(8-7-18)13-10-14-9-12(16-13)11-3-4-15-17-11/h3-4,9-10H,2,5-8H2,1H3,(H,15,17). The maximum atomic E-state index is 4.68. The first kappa shape index (κ1) is 12.1. The molecule has 100 valence electrons. The molecule has 1 aliphatic rings. The van der Waals surface area contributed by atoms with Crippen LogP contribution in [-0.2, 0) is 0 Å². The van der Waals surface area contributed by atoms with Crippen LogP contribution in [0.25, 0.3) is 11.4 Å². The van der Waals surface area contributed by atoms with Gasteiger partial charge in [0.15, 0.2) is 0 Å². The lowest BCUT2D eigenvalue weighted by Crippen LogP contribution is -2.29. The fraction of sp³-hybridized carbons (Fsp3) is 0.462. The van der Waals surface area contributed by atoms with E-state index >= 15 is 0 Å². The summed E-state index contributed by atoms with van der Waals surface area (Å²) in [4.78, 5) is 13.6. The van der Waals surface area contributed by atoms with Crippen LogP contribution in [0.5, 0.6) is 0 Å². The Bertz CT molecular complexity index is 524. The highest BCUT2D eigenvalue weighted by Crippen LogP contribution is 2.18. The van der Waals surface area contributed by atoms with E-state index in [9.17, 15) is 0 Å². The molecule has 2 aromatic heterocycles. The zero-order valence-electron chi connectivity index (χ0n) is 11.1. The number of likely N-dealkylation sites (N-methyl/N-ethyl adjacent to an activating group) is 1. The normalized spacial score (nSPS) is 17.4. The van der Waals surface area contributed by atoms with Crippen LogP contribution in [0.3, 0.4) is 0 Å². The quantitative estimate of drug-likeness (QED) is 0.871. The largest absolute Gasteiger partial charge is 0.354 e. The summed E-state index contributed by atoms with van der Waals surface area (Å²) in [6.45, 7) is 4.24. The van der Waals surface area contributed by atoms with Crippen LogP contribution >= 0.6 is 0 Å². The number of aromatic nitrogens is 4. The number of H-pyrrole nitrogens is 1. The number of hydrogen-bond donors (Lipinski definition) is 1. The smallest absolute Gasteiger partial charge is 0.147 e. The van der Waals surface area contributed by atoms with Crippen LogP contribution in [0.4, 0.5) is 5.82 Å². The van der Waals surface area contributed by atoms with Gasteiger partial charge in [-0.1, -0.05) is 0 Å². The molecule has 2 aromatic rings. The summed E-state index contributed by atoms with van der Waals surface area (Å²) in [6, 6.07) is 1.91. The zero-order chi connectivity index (χ0) is 13.1. The molecule has 1 aliphatic heterocycles. The Morgan fingerprint density at radius 3 is 2.95 bits per heavy atom. The predicted molar refractivity (Wildman–Crippen MR) is 73.9 cm³/mol. The van der Waals surface area contributed by atoms with Gasteiger partial charge in [0, 0.05) is 25.8 Å². The molecule has 0 radical (unpaired) electrons. The molecule has 3 heterocycles. The van der Waals surface area contributed by atoms with Gasteiger partial charge < -0.3 is 9.80 Å². The Kier molecular flexibility index (Phi) is 3.41. The molecule has 6 heteroatoms. The van der Waals surface area contributed by atoms with E-state index in [0.29, 0.717) is 0 Å². The first-order valence-corrected chi connectivity index (χ1v) is 6.58. The number of rotatable bonds is 2. The maximum absolute atomic E-state index is 4.68. The van der Waals surface area contributed by atoms with Gasteiger partial charge in [-0.3, -0.25) is 10.1 Å². The second-order valence-electron chi connectivity index (χ2n) is 4.88. The number of nitrogens with zero attached hydrogens (tertiary/aromatic N) is 5. The van der Waals surface area contributed by atoms with Crippen molar-refractivity contribution in [1.82, 2.24) is 25.1 Å². The second kappa shape index (κ2) is 5.36. The van der Waals surface area contributed by atoms with Crippen molar-refractivity contribution in [3.8, 4) is 11.4 Å². The van der Waals surface area contributed by atoms with Gasteiger partial charge >= 0.3 is 0 Å². The molecule has 1 saturated heterocycles. The van der Waals surface area contributed by atoms with Crippen molar-refractivity contribution in [3.05, 3.63) is 24.7 Å². The highest BCUT2D eigenvalue weighted by Gasteiger charge is 2.14. The van der Waals surface area contributed by atoms with Crippen LogP contribution in [0.15, 0.2) is 24.7 Å². The second-order valence-corrected chi connectivity index (χ2v) is 4.88. The predicted octanol–water partition coefficient (Wildman–Crippen LogP) is 1.01. The van der Waals surface area contributed by atoms with Crippen molar-refractivity contribution in [1.29, 1.82) is 0 Å². The summed E-state index contributed by atoms with van der Waals surface area (Å²) >= 11 is 0. The van der Waals surface area contributed by atoms with Gasteiger partial charge in [-0.05, 0) is 26.1 Å². The monoisotopic (exact) mass is 258 g/mol. The van der Waals surface area contributed by atoms with Crippen molar-refractivity contribution in [2.75, 3.05) is 38.1 Å². The summed E-state index contributed by atoms with van der Waals surface area (Å²) in [6.07, 6.45) is 6.49. The molecule has 0 atom stereocenters.